The molecule has 0 aliphatic heterocycles. The molecule has 2 aromatic carbocycles. The van der Waals surface area contributed by atoms with Gasteiger partial charge in [0.05, 0.1) is 13.0 Å². The highest BCUT2D eigenvalue weighted by molar-refractivity contribution is 5.78. The molecule has 0 bridgehead atoms. The Labute approximate surface area is 148 Å². The Morgan fingerprint density at radius 2 is 1.68 bits per heavy atom. The van der Waals surface area contributed by atoms with Gasteiger partial charge in [-0.25, -0.2) is 0 Å². The molecule has 1 amide bonds. The smallest absolute Gasteiger partial charge is 0.224 e. The number of carbonyl (C=O) groups excluding carboxylic acids is 1. The van der Waals surface area contributed by atoms with Crippen molar-refractivity contribution in [3.8, 4) is 5.69 Å². The number of ether oxygens (including phenoxy) is 1. The fourth-order valence-electron chi connectivity index (χ4n) is 2.74. The Bertz CT molecular complexity index is 808. The maximum absolute atomic E-state index is 12.2. The number of nitrogens with one attached hydrogen (secondary N) is 1. The van der Waals surface area contributed by atoms with Crippen molar-refractivity contribution in [3.63, 3.8) is 0 Å². The molecule has 0 atom stereocenters. The molecular formula is C21H22N2O2. The number of nitrogens with zero attached hydrogens (tertiary/aromatic N) is 1. The zero-order chi connectivity index (χ0) is 17.5. The first-order valence-electron chi connectivity index (χ1n) is 8.30. The number of hydrogen-bond acceptors (Lipinski definition) is 2. The molecule has 0 fully saturated rings. The van der Waals surface area contributed by atoms with Crippen LogP contribution in [0.1, 0.15) is 16.7 Å². The van der Waals surface area contributed by atoms with Crippen LogP contribution in [0.2, 0.25) is 0 Å². The number of benzene rings is 2. The molecule has 0 aliphatic carbocycles. The molecule has 4 heteroatoms. The van der Waals surface area contributed by atoms with Crippen molar-refractivity contribution in [2.45, 2.75) is 19.6 Å². The first-order chi connectivity index (χ1) is 12.2. The van der Waals surface area contributed by atoms with E-state index in [1.165, 1.54) is 0 Å². The van der Waals surface area contributed by atoms with E-state index in [1.807, 2.05) is 71.6 Å². The Morgan fingerprint density at radius 3 is 2.40 bits per heavy atom. The van der Waals surface area contributed by atoms with E-state index in [0.29, 0.717) is 19.6 Å². The molecule has 0 saturated heterocycles. The van der Waals surface area contributed by atoms with E-state index in [-0.39, 0.29) is 5.91 Å². The highest BCUT2D eigenvalue weighted by atomic mass is 16.5. The van der Waals surface area contributed by atoms with Gasteiger partial charge in [0.15, 0.2) is 0 Å². The second kappa shape index (κ2) is 8.31. The minimum absolute atomic E-state index is 0.0193. The maximum atomic E-state index is 12.2. The van der Waals surface area contributed by atoms with E-state index in [9.17, 15) is 4.79 Å². The van der Waals surface area contributed by atoms with E-state index in [2.05, 4.69) is 11.4 Å². The van der Waals surface area contributed by atoms with Crippen LogP contribution in [0, 0.1) is 0 Å². The molecule has 4 nitrogen and oxygen atoms in total. The topological polar surface area (TPSA) is 43.3 Å². The van der Waals surface area contributed by atoms with Crippen molar-refractivity contribution in [2.75, 3.05) is 7.11 Å². The standard InChI is InChI=1S/C21H22N2O2/c1-25-16-19-6-4-5-18(13-19)15-22-21(24)14-17-7-9-20(10-8-17)23-11-2-3-12-23/h2-13H,14-16H2,1H3,(H,22,24). The summed E-state index contributed by atoms with van der Waals surface area (Å²) in [5.74, 6) is 0.0193. The first-order valence-corrected chi connectivity index (χ1v) is 8.30. The first kappa shape index (κ1) is 17.0. The monoisotopic (exact) mass is 334 g/mol. The molecule has 0 saturated carbocycles. The van der Waals surface area contributed by atoms with Gasteiger partial charge in [-0.3, -0.25) is 4.79 Å². The van der Waals surface area contributed by atoms with E-state index < -0.39 is 0 Å². The van der Waals surface area contributed by atoms with Gasteiger partial charge in [-0.2, -0.15) is 0 Å². The molecule has 0 unspecified atom stereocenters. The lowest BCUT2D eigenvalue weighted by atomic mass is 10.1. The van der Waals surface area contributed by atoms with Gasteiger partial charge in [-0.15, -0.1) is 0 Å². The number of amides is 1. The third-order valence-electron chi connectivity index (χ3n) is 4.00. The van der Waals surface area contributed by atoms with Crippen molar-refractivity contribution in [2.24, 2.45) is 0 Å². The van der Waals surface area contributed by atoms with Crippen molar-refractivity contribution in [1.82, 2.24) is 9.88 Å². The zero-order valence-electron chi connectivity index (χ0n) is 14.3. The molecule has 0 radical (unpaired) electrons. The van der Waals surface area contributed by atoms with Crippen LogP contribution in [0.25, 0.3) is 5.69 Å². The predicted molar refractivity (Wildman–Crippen MR) is 98.5 cm³/mol. The van der Waals surface area contributed by atoms with Crippen LogP contribution in [0.15, 0.2) is 73.1 Å². The molecule has 0 aliphatic rings. The molecule has 3 rings (SSSR count). The summed E-state index contributed by atoms with van der Waals surface area (Å²) in [7, 11) is 1.68. The number of rotatable bonds is 7. The summed E-state index contributed by atoms with van der Waals surface area (Å²) in [4.78, 5) is 12.2. The highest BCUT2D eigenvalue weighted by Gasteiger charge is 2.04. The summed E-state index contributed by atoms with van der Waals surface area (Å²) in [5.41, 5.74) is 4.27. The number of methoxy groups -OCH3 is 1. The Hall–Kier alpha value is -2.85. The van der Waals surface area contributed by atoms with Gasteiger partial charge in [0.1, 0.15) is 0 Å². The van der Waals surface area contributed by atoms with Crippen molar-refractivity contribution in [3.05, 3.63) is 89.7 Å². The quantitative estimate of drug-likeness (QED) is 0.719. The largest absolute Gasteiger partial charge is 0.380 e. The average molecular weight is 334 g/mol. The molecule has 128 valence electrons. The molecule has 1 N–H and O–H groups in total. The number of aromatic nitrogens is 1. The van der Waals surface area contributed by atoms with Gasteiger partial charge in [-0.05, 0) is 41.0 Å². The van der Waals surface area contributed by atoms with Crippen LogP contribution in [0.3, 0.4) is 0 Å². The lowest BCUT2D eigenvalue weighted by Crippen LogP contribution is -2.24. The fraction of sp³-hybridized carbons (Fsp3) is 0.190. The summed E-state index contributed by atoms with van der Waals surface area (Å²) >= 11 is 0. The van der Waals surface area contributed by atoms with Crippen molar-refractivity contribution < 1.29 is 9.53 Å². The van der Waals surface area contributed by atoms with Crippen LogP contribution in [0.4, 0.5) is 0 Å². The lowest BCUT2D eigenvalue weighted by Gasteiger charge is -2.08. The van der Waals surface area contributed by atoms with Crippen molar-refractivity contribution >= 4 is 5.91 Å². The predicted octanol–water partition coefficient (Wildman–Crippen LogP) is 3.48. The van der Waals surface area contributed by atoms with Crippen LogP contribution in [-0.2, 0) is 29.1 Å². The Morgan fingerprint density at radius 1 is 0.960 bits per heavy atom. The second-order valence-electron chi connectivity index (χ2n) is 5.96. The highest BCUT2D eigenvalue weighted by Crippen LogP contribution is 2.11. The maximum Gasteiger partial charge on any atom is 0.224 e. The third-order valence-corrected chi connectivity index (χ3v) is 4.00. The Kier molecular flexibility index (Phi) is 5.65. The number of hydrogen-bond donors (Lipinski definition) is 1. The van der Waals surface area contributed by atoms with Gasteiger partial charge in [0.25, 0.3) is 0 Å². The van der Waals surface area contributed by atoms with Crippen LogP contribution < -0.4 is 5.32 Å². The summed E-state index contributed by atoms with van der Waals surface area (Å²) < 4.78 is 7.17. The molecular weight excluding hydrogens is 312 g/mol. The van der Waals surface area contributed by atoms with Crippen LogP contribution >= 0.6 is 0 Å². The molecule has 3 aromatic rings. The molecule has 0 spiro atoms. The molecule has 1 aromatic heterocycles. The Balaban J connectivity index is 1.53. The van der Waals surface area contributed by atoms with E-state index in [1.54, 1.807) is 7.11 Å². The second-order valence-corrected chi connectivity index (χ2v) is 5.96. The van der Waals surface area contributed by atoms with Gasteiger partial charge in [0, 0.05) is 31.7 Å². The van der Waals surface area contributed by atoms with Gasteiger partial charge < -0.3 is 14.6 Å². The van der Waals surface area contributed by atoms with Gasteiger partial charge in [0.2, 0.25) is 5.91 Å². The van der Waals surface area contributed by atoms with Gasteiger partial charge >= 0.3 is 0 Å². The zero-order valence-corrected chi connectivity index (χ0v) is 14.3. The normalized spacial score (nSPS) is 10.6. The summed E-state index contributed by atoms with van der Waals surface area (Å²) in [6.45, 7) is 1.10. The minimum Gasteiger partial charge on any atom is -0.380 e. The van der Waals surface area contributed by atoms with E-state index in [0.717, 1.165) is 22.4 Å². The summed E-state index contributed by atoms with van der Waals surface area (Å²) in [6.07, 6.45) is 4.38. The lowest BCUT2D eigenvalue weighted by molar-refractivity contribution is -0.120. The molecule has 25 heavy (non-hydrogen) atoms. The molecule has 1 heterocycles. The van der Waals surface area contributed by atoms with Gasteiger partial charge in [-0.1, -0.05) is 36.4 Å². The SMILES string of the molecule is COCc1cccc(CNC(=O)Cc2ccc(-n3cccc3)cc2)c1. The number of carbonyl (C=O) groups is 1. The van der Waals surface area contributed by atoms with E-state index >= 15 is 0 Å². The van der Waals surface area contributed by atoms with E-state index in [4.69, 9.17) is 4.74 Å². The van der Waals surface area contributed by atoms with Crippen LogP contribution in [0.5, 0.6) is 0 Å². The average Bonchev–Trinajstić information content (AvgIpc) is 3.16. The minimum atomic E-state index is 0.0193. The van der Waals surface area contributed by atoms with Crippen molar-refractivity contribution in [1.29, 1.82) is 0 Å². The summed E-state index contributed by atoms with van der Waals surface area (Å²) in [5, 5.41) is 2.97. The summed E-state index contributed by atoms with van der Waals surface area (Å²) in [6, 6.07) is 20.1. The van der Waals surface area contributed by atoms with Crippen LogP contribution in [-0.4, -0.2) is 17.6 Å². The fourth-order valence-corrected chi connectivity index (χ4v) is 2.74. The third kappa shape index (κ3) is 4.81.